The number of nitro benzene ring substituents is 1. The molecule has 0 saturated carbocycles. The van der Waals surface area contributed by atoms with Gasteiger partial charge in [-0.15, -0.1) is 0 Å². The maximum Gasteiger partial charge on any atom is 0.270 e. The van der Waals surface area contributed by atoms with Gasteiger partial charge in [-0.05, 0) is 49.4 Å². The van der Waals surface area contributed by atoms with Gasteiger partial charge in [-0.1, -0.05) is 29.3 Å². The van der Waals surface area contributed by atoms with Gasteiger partial charge in [0, 0.05) is 28.9 Å². The second-order valence-corrected chi connectivity index (χ2v) is 6.04. The zero-order valence-electron chi connectivity index (χ0n) is 13.9. The van der Waals surface area contributed by atoms with Crippen LogP contribution in [0.2, 0.25) is 5.02 Å². The maximum atomic E-state index is 10.8. The van der Waals surface area contributed by atoms with Crippen LogP contribution in [0.15, 0.2) is 71.7 Å². The first-order chi connectivity index (χ1) is 12.5. The number of nitro groups is 1. The molecule has 0 bridgehead atoms. The molecule has 3 aromatic carbocycles. The standard InChI is InChI=1S/C20H15ClN2O3/c1-14-2-7-18(8-3-14)26-19-9-4-16(5-10-19)22-13-15-12-17(23(24)25)6-11-20(15)21/h2-13H,1H3. The molecule has 5 nitrogen and oxygen atoms in total. The highest BCUT2D eigenvalue weighted by molar-refractivity contribution is 6.33. The van der Waals surface area contributed by atoms with Crippen LogP contribution in [0.1, 0.15) is 11.1 Å². The summed E-state index contributed by atoms with van der Waals surface area (Å²) < 4.78 is 5.76. The molecule has 0 amide bonds. The number of hydrogen-bond donors (Lipinski definition) is 0. The Morgan fingerprint density at radius 1 is 1.00 bits per heavy atom. The lowest BCUT2D eigenvalue weighted by atomic mass is 10.2. The van der Waals surface area contributed by atoms with Crippen molar-refractivity contribution in [2.75, 3.05) is 0 Å². The van der Waals surface area contributed by atoms with E-state index in [0.717, 1.165) is 5.75 Å². The normalized spacial score (nSPS) is 10.8. The number of rotatable bonds is 5. The van der Waals surface area contributed by atoms with E-state index >= 15 is 0 Å². The molecule has 3 rings (SSSR count). The number of nitrogens with zero attached hydrogens (tertiary/aromatic N) is 2. The molecule has 26 heavy (non-hydrogen) atoms. The van der Waals surface area contributed by atoms with Crippen molar-refractivity contribution < 1.29 is 9.66 Å². The fourth-order valence-corrected chi connectivity index (χ4v) is 2.40. The monoisotopic (exact) mass is 366 g/mol. The average Bonchev–Trinajstić information content (AvgIpc) is 2.64. The molecule has 0 heterocycles. The quantitative estimate of drug-likeness (QED) is 0.311. The van der Waals surface area contributed by atoms with Gasteiger partial charge in [-0.25, -0.2) is 0 Å². The van der Waals surface area contributed by atoms with Gasteiger partial charge in [-0.3, -0.25) is 15.1 Å². The molecule has 6 heteroatoms. The summed E-state index contributed by atoms with van der Waals surface area (Å²) in [5, 5.41) is 11.3. The SMILES string of the molecule is Cc1ccc(Oc2ccc(N=Cc3cc([N+](=O)[O-])ccc3Cl)cc2)cc1. The van der Waals surface area contributed by atoms with Crippen molar-refractivity contribution in [3.63, 3.8) is 0 Å². The third-order valence-electron chi connectivity index (χ3n) is 3.64. The molecule has 0 unspecified atom stereocenters. The first kappa shape index (κ1) is 17.6. The molecule has 0 aromatic heterocycles. The van der Waals surface area contributed by atoms with E-state index in [0.29, 0.717) is 22.0 Å². The smallest absolute Gasteiger partial charge is 0.270 e. The lowest BCUT2D eigenvalue weighted by Gasteiger charge is -2.06. The van der Waals surface area contributed by atoms with Gasteiger partial charge in [0.05, 0.1) is 10.6 Å². The third-order valence-corrected chi connectivity index (χ3v) is 3.98. The number of non-ortho nitro benzene ring substituents is 1. The van der Waals surface area contributed by atoms with Crippen LogP contribution >= 0.6 is 11.6 Å². The van der Waals surface area contributed by atoms with Gasteiger partial charge in [0.2, 0.25) is 0 Å². The minimum atomic E-state index is -0.467. The van der Waals surface area contributed by atoms with Crippen LogP contribution < -0.4 is 4.74 Å². The lowest BCUT2D eigenvalue weighted by molar-refractivity contribution is -0.384. The van der Waals surface area contributed by atoms with E-state index in [4.69, 9.17) is 16.3 Å². The highest BCUT2D eigenvalue weighted by Gasteiger charge is 2.08. The summed E-state index contributed by atoms with van der Waals surface area (Å²) >= 11 is 6.06. The van der Waals surface area contributed by atoms with Crippen molar-refractivity contribution in [2.45, 2.75) is 6.92 Å². The molecule has 130 valence electrons. The molecule has 0 spiro atoms. The molecule has 0 aliphatic heterocycles. The summed E-state index contributed by atoms with van der Waals surface area (Å²) in [5.41, 5.74) is 2.31. The third kappa shape index (κ3) is 4.46. The molecule has 0 atom stereocenters. The number of benzene rings is 3. The minimum Gasteiger partial charge on any atom is -0.457 e. The topological polar surface area (TPSA) is 64.7 Å². The first-order valence-electron chi connectivity index (χ1n) is 7.84. The Balaban J connectivity index is 1.73. The summed E-state index contributed by atoms with van der Waals surface area (Å²) in [6.07, 6.45) is 1.51. The molecule has 0 aliphatic rings. The van der Waals surface area contributed by atoms with Gasteiger partial charge >= 0.3 is 0 Å². The zero-order valence-corrected chi connectivity index (χ0v) is 14.7. The van der Waals surface area contributed by atoms with Gasteiger partial charge in [0.25, 0.3) is 5.69 Å². The Hall–Kier alpha value is -3.18. The molecular weight excluding hydrogens is 352 g/mol. The average molecular weight is 367 g/mol. The Morgan fingerprint density at radius 3 is 2.23 bits per heavy atom. The van der Waals surface area contributed by atoms with E-state index in [2.05, 4.69) is 4.99 Å². The van der Waals surface area contributed by atoms with Crippen molar-refractivity contribution in [2.24, 2.45) is 4.99 Å². The fraction of sp³-hybridized carbons (Fsp3) is 0.0500. The number of halogens is 1. The summed E-state index contributed by atoms with van der Waals surface area (Å²) in [7, 11) is 0. The maximum absolute atomic E-state index is 10.8. The fourth-order valence-electron chi connectivity index (χ4n) is 2.23. The predicted molar refractivity (Wildman–Crippen MR) is 103 cm³/mol. The summed E-state index contributed by atoms with van der Waals surface area (Å²) in [6, 6.07) is 19.2. The summed E-state index contributed by atoms with van der Waals surface area (Å²) in [6.45, 7) is 2.02. The van der Waals surface area contributed by atoms with Gasteiger partial charge in [0.1, 0.15) is 11.5 Å². The second kappa shape index (κ2) is 7.80. The van der Waals surface area contributed by atoms with Gasteiger partial charge < -0.3 is 4.74 Å². The van der Waals surface area contributed by atoms with Crippen LogP contribution in [0.3, 0.4) is 0 Å². The molecule has 0 aliphatic carbocycles. The van der Waals surface area contributed by atoms with E-state index < -0.39 is 4.92 Å². The number of aliphatic imine (C=N–C) groups is 1. The second-order valence-electron chi connectivity index (χ2n) is 5.63. The van der Waals surface area contributed by atoms with Crippen molar-refractivity contribution >= 4 is 29.2 Å². The Bertz CT molecular complexity index is 952. The molecule has 3 aromatic rings. The van der Waals surface area contributed by atoms with Crippen LogP contribution in [-0.4, -0.2) is 11.1 Å². The summed E-state index contributed by atoms with van der Waals surface area (Å²) in [5.74, 6) is 1.46. The highest BCUT2D eigenvalue weighted by Crippen LogP contribution is 2.25. The van der Waals surface area contributed by atoms with E-state index in [1.807, 2.05) is 43.3 Å². The lowest BCUT2D eigenvalue weighted by Crippen LogP contribution is -1.90. The number of hydrogen-bond acceptors (Lipinski definition) is 4. The molecule has 0 saturated heterocycles. The van der Waals surface area contributed by atoms with E-state index in [9.17, 15) is 10.1 Å². The van der Waals surface area contributed by atoms with Crippen molar-refractivity contribution in [1.82, 2.24) is 0 Å². The molecular formula is C20H15ClN2O3. The van der Waals surface area contributed by atoms with Crippen LogP contribution in [0.5, 0.6) is 11.5 Å². The Labute approximate surface area is 155 Å². The van der Waals surface area contributed by atoms with Crippen LogP contribution in [-0.2, 0) is 0 Å². The van der Waals surface area contributed by atoms with Crippen molar-refractivity contribution in [3.8, 4) is 11.5 Å². The molecule has 0 fully saturated rings. The van der Waals surface area contributed by atoms with Gasteiger partial charge in [0.15, 0.2) is 0 Å². The largest absolute Gasteiger partial charge is 0.457 e. The van der Waals surface area contributed by atoms with E-state index in [1.165, 1.54) is 30.0 Å². The Kier molecular flexibility index (Phi) is 5.29. The highest BCUT2D eigenvalue weighted by atomic mass is 35.5. The Morgan fingerprint density at radius 2 is 1.62 bits per heavy atom. The summed E-state index contributed by atoms with van der Waals surface area (Å²) in [4.78, 5) is 14.7. The zero-order chi connectivity index (χ0) is 18.5. The van der Waals surface area contributed by atoms with Crippen molar-refractivity contribution in [1.29, 1.82) is 0 Å². The predicted octanol–water partition coefficient (Wildman–Crippen LogP) is 6.10. The van der Waals surface area contributed by atoms with Gasteiger partial charge in [-0.2, -0.15) is 0 Å². The molecule has 0 radical (unpaired) electrons. The van der Waals surface area contributed by atoms with Crippen LogP contribution in [0, 0.1) is 17.0 Å². The van der Waals surface area contributed by atoms with E-state index in [-0.39, 0.29) is 5.69 Å². The van der Waals surface area contributed by atoms with Crippen LogP contribution in [0.25, 0.3) is 0 Å². The molecule has 0 N–H and O–H groups in total. The number of aryl methyl sites for hydroxylation is 1. The number of ether oxygens (including phenoxy) is 1. The first-order valence-corrected chi connectivity index (χ1v) is 8.22. The van der Waals surface area contributed by atoms with Crippen LogP contribution in [0.4, 0.5) is 11.4 Å². The minimum absolute atomic E-state index is 0.0299. The van der Waals surface area contributed by atoms with Crippen molar-refractivity contribution in [3.05, 3.63) is 93.0 Å². The van der Waals surface area contributed by atoms with E-state index in [1.54, 1.807) is 12.1 Å².